The summed E-state index contributed by atoms with van der Waals surface area (Å²) in [6.45, 7) is 1.53. The zero-order valence-corrected chi connectivity index (χ0v) is 19.1. The Labute approximate surface area is 197 Å². The average molecular weight is 481 g/mol. The second-order valence-electron chi connectivity index (χ2n) is 8.04. The van der Waals surface area contributed by atoms with Crippen molar-refractivity contribution in [2.24, 2.45) is 0 Å². The summed E-state index contributed by atoms with van der Waals surface area (Å²) in [7, 11) is -3.87. The lowest BCUT2D eigenvalue weighted by atomic mass is 10.0. The Bertz CT molecular complexity index is 1320. The number of amides is 1. The third-order valence-electron chi connectivity index (χ3n) is 5.67. The van der Waals surface area contributed by atoms with E-state index in [-0.39, 0.29) is 10.5 Å². The molecule has 0 fully saturated rings. The van der Waals surface area contributed by atoms with Crippen LogP contribution < -0.4 is 24.2 Å². The molecule has 2 aliphatic heterocycles. The van der Waals surface area contributed by atoms with Crippen molar-refractivity contribution in [3.63, 3.8) is 0 Å². The minimum absolute atomic E-state index is 0.0165. The summed E-state index contributed by atoms with van der Waals surface area (Å²) in [6, 6.07) is 18.1. The van der Waals surface area contributed by atoms with Crippen LogP contribution in [0, 0.1) is 0 Å². The molecular formula is C25H24N2O6S. The fraction of sp³-hybridized carbons (Fsp3) is 0.240. The predicted molar refractivity (Wildman–Crippen MR) is 126 cm³/mol. The largest absolute Gasteiger partial charge is 0.493 e. The van der Waals surface area contributed by atoms with E-state index in [1.807, 2.05) is 24.3 Å². The first-order valence-corrected chi connectivity index (χ1v) is 12.5. The van der Waals surface area contributed by atoms with Crippen LogP contribution in [0.2, 0.25) is 0 Å². The molecule has 0 bridgehead atoms. The van der Waals surface area contributed by atoms with Crippen molar-refractivity contribution < 1.29 is 27.4 Å². The van der Waals surface area contributed by atoms with Gasteiger partial charge < -0.3 is 19.5 Å². The van der Waals surface area contributed by atoms with Gasteiger partial charge in [-0.3, -0.25) is 4.79 Å². The molecule has 0 aliphatic carbocycles. The van der Waals surface area contributed by atoms with Crippen LogP contribution in [0.1, 0.15) is 34.8 Å². The number of ether oxygens (including phenoxy) is 3. The van der Waals surface area contributed by atoms with E-state index in [1.54, 1.807) is 30.3 Å². The number of carbonyl (C=O) groups excluding carboxylic acids is 1. The number of rotatable bonds is 5. The van der Waals surface area contributed by atoms with Crippen molar-refractivity contribution in [2.75, 3.05) is 25.1 Å². The van der Waals surface area contributed by atoms with Crippen LogP contribution in [-0.4, -0.2) is 34.1 Å². The minimum atomic E-state index is -3.87. The highest BCUT2D eigenvalue weighted by Crippen LogP contribution is 2.34. The zero-order valence-electron chi connectivity index (χ0n) is 18.3. The SMILES string of the molecule is O=C(Nc1ccc2c(c1)OCCCO2)c1cccc(S(=O)(=O)N[C@H]2CCOc3ccccc32)c1. The topological polar surface area (TPSA) is 103 Å². The van der Waals surface area contributed by atoms with Crippen LogP contribution >= 0.6 is 0 Å². The Balaban J connectivity index is 1.33. The second kappa shape index (κ2) is 9.36. The Hall–Kier alpha value is -3.56. The fourth-order valence-electron chi connectivity index (χ4n) is 3.97. The molecule has 0 saturated heterocycles. The normalized spacial score (nSPS) is 17.1. The van der Waals surface area contributed by atoms with Gasteiger partial charge in [0, 0.05) is 35.7 Å². The number of nitrogens with one attached hydrogen (secondary N) is 2. The first-order chi connectivity index (χ1) is 16.5. The Morgan fingerprint density at radius 3 is 2.50 bits per heavy atom. The molecule has 9 heteroatoms. The first kappa shape index (κ1) is 22.2. The van der Waals surface area contributed by atoms with Crippen molar-refractivity contribution in [2.45, 2.75) is 23.8 Å². The number of para-hydroxylation sites is 1. The lowest BCUT2D eigenvalue weighted by Gasteiger charge is -2.26. The molecule has 0 unspecified atom stereocenters. The van der Waals surface area contributed by atoms with Crippen molar-refractivity contribution >= 4 is 21.6 Å². The summed E-state index contributed by atoms with van der Waals surface area (Å²) in [4.78, 5) is 12.9. The van der Waals surface area contributed by atoms with E-state index in [0.717, 1.165) is 12.0 Å². The number of fused-ring (bicyclic) bond motifs is 2. The molecule has 2 aliphatic rings. The molecule has 1 amide bonds. The number of sulfonamides is 1. The second-order valence-corrected chi connectivity index (χ2v) is 9.76. The van der Waals surface area contributed by atoms with Crippen molar-refractivity contribution in [3.8, 4) is 17.2 Å². The van der Waals surface area contributed by atoms with Gasteiger partial charge in [0.2, 0.25) is 10.0 Å². The number of carbonyl (C=O) groups is 1. The maximum absolute atomic E-state index is 13.1. The van der Waals surface area contributed by atoms with Gasteiger partial charge in [-0.1, -0.05) is 24.3 Å². The highest BCUT2D eigenvalue weighted by atomic mass is 32.2. The van der Waals surface area contributed by atoms with E-state index >= 15 is 0 Å². The molecule has 3 aromatic rings. The van der Waals surface area contributed by atoms with E-state index in [2.05, 4.69) is 10.0 Å². The molecule has 3 aromatic carbocycles. The molecule has 2 N–H and O–H groups in total. The molecule has 176 valence electrons. The first-order valence-electron chi connectivity index (χ1n) is 11.0. The van der Waals surface area contributed by atoms with E-state index in [0.29, 0.717) is 49.2 Å². The third-order valence-corrected chi connectivity index (χ3v) is 7.14. The maximum Gasteiger partial charge on any atom is 0.255 e. The molecule has 8 nitrogen and oxygen atoms in total. The van der Waals surface area contributed by atoms with Crippen LogP contribution in [0.3, 0.4) is 0 Å². The highest BCUT2D eigenvalue weighted by molar-refractivity contribution is 7.89. The van der Waals surface area contributed by atoms with Gasteiger partial charge in [0.1, 0.15) is 5.75 Å². The Morgan fingerprint density at radius 2 is 1.62 bits per heavy atom. The van der Waals surface area contributed by atoms with Crippen LogP contribution in [0.4, 0.5) is 5.69 Å². The van der Waals surface area contributed by atoms with Gasteiger partial charge in [-0.15, -0.1) is 0 Å². The standard InChI is InChI=1S/C25H24N2O6S/c28-25(26-18-9-10-23-24(16-18)32-13-4-12-31-23)17-5-3-6-19(15-17)34(29,30)27-21-11-14-33-22-8-2-1-7-20(21)22/h1-3,5-10,15-16,21,27H,4,11-14H2,(H,26,28)/t21-/m0/s1. The summed E-state index contributed by atoms with van der Waals surface area (Å²) in [6.07, 6.45) is 1.30. The van der Waals surface area contributed by atoms with Crippen molar-refractivity contribution in [3.05, 3.63) is 77.9 Å². The van der Waals surface area contributed by atoms with Crippen molar-refractivity contribution in [1.82, 2.24) is 4.72 Å². The van der Waals surface area contributed by atoms with Gasteiger partial charge in [0.05, 0.1) is 30.8 Å². The molecule has 1 atom stereocenters. The summed E-state index contributed by atoms with van der Waals surface area (Å²) in [5.74, 6) is 1.43. The van der Waals surface area contributed by atoms with Gasteiger partial charge >= 0.3 is 0 Å². The van der Waals surface area contributed by atoms with E-state index in [1.165, 1.54) is 12.1 Å². The van der Waals surface area contributed by atoms with E-state index < -0.39 is 22.0 Å². The Kier molecular flexibility index (Phi) is 6.12. The van der Waals surface area contributed by atoms with Crippen LogP contribution in [0.25, 0.3) is 0 Å². The fourth-order valence-corrected chi connectivity index (χ4v) is 5.26. The lowest BCUT2D eigenvalue weighted by molar-refractivity contribution is 0.102. The van der Waals surface area contributed by atoms with Crippen LogP contribution in [-0.2, 0) is 10.0 Å². The number of hydrogen-bond acceptors (Lipinski definition) is 6. The number of benzene rings is 3. The quantitative estimate of drug-likeness (QED) is 0.574. The number of anilines is 1. The summed E-state index contributed by atoms with van der Waals surface area (Å²) >= 11 is 0. The summed E-state index contributed by atoms with van der Waals surface area (Å²) in [5.41, 5.74) is 1.54. The van der Waals surface area contributed by atoms with E-state index in [9.17, 15) is 13.2 Å². The molecule has 0 saturated carbocycles. The summed E-state index contributed by atoms with van der Waals surface area (Å²) < 4.78 is 45.9. The smallest absolute Gasteiger partial charge is 0.255 e. The third kappa shape index (κ3) is 4.71. The number of hydrogen-bond donors (Lipinski definition) is 2. The van der Waals surface area contributed by atoms with Crippen LogP contribution in [0.15, 0.2) is 71.6 Å². The molecule has 5 rings (SSSR count). The Morgan fingerprint density at radius 1 is 0.824 bits per heavy atom. The average Bonchev–Trinajstić information content (AvgIpc) is 3.09. The van der Waals surface area contributed by atoms with Gasteiger partial charge in [0.15, 0.2) is 11.5 Å². The highest BCUT2D eigenvalue weighted by Gasteiger charge is 2.27. The molecule has 0 aromatic heterocycles. The molecule has 34 heavy (non-hydrogen) atoms. The van der Waals surface area contributed by atoms with Gasteiger partial charge in [-0.25, -0.2) is 13.1 Å². The molecule has 0 radical (unpaired) electrons. The zero-order chi connectivity index (χ0) is 23.5. The van der Waals surface area contributed by atoms with Crippen molar-refractivity contribution in [1.29, 1.82) is 0 Å². The molecular weight excluding hydrogens is 456 g/mol. The molecule has 0 spiro atoms. The molecule has 2 heterocycles. The lowest BCUT2D eigenvalue weighted by Crippen LogP contribution is -2.32. The van der Waals surface area contributed by atoms with Crippen LogP contribution in [0.5, 0.6) is 17.2 Å². The van der Waals surface area contributed by atoms with E-state index in [4.69, 9.17) is 14.2 Å². The summed E-state index contributed by atoms with van der Waals surface area (Å²) in [5, 5.41) is 2.80. The predicted octanol–water partition coefficient (Wildman–Crippen LogP) is 3.90. The monoisotopic (exact) mass is 480 g/mol. The van der Waals surface area contributed by atoms with Gasteiger partial charge in [0.25, 0.3) is 5.91 Å². The maximum atomic E-state index is 13.1. The van der Waals surface area contributed by atoms with Gasteiger partial charge in [-0.2, -0.15) is 0 Å². The minimum Gasteiger partial charge on any atom is -0.493 e. The van der Waals surface area contributed by atoms with Gasteiger partial charge in [-0.05, 0) is 36.4 Å².